The third-order valence-electron chi connectivity index (χ3n) is 2.25. The minimum Gasteiger partial charge on any atom is -0.506 e. The number of benzene rings is 1. The van der Waals surface area contributed by atoms with Crippen LogP contribution in [-0.2, 0) is 4.79 Å². The summed E-state index contributed by atoms with van der Waals surface area (Å²) in [5, 5.41) is 10.2. The molecular weight excluding hydrogens is 220 g/mol. The summed E-state index contributed by atoms with van der Waals surface area (Å²) in [5.41, 5.74) is 5.85. The minimum absolute atomic E-state index is 0.0903. The molecule has 3 N–H and O–H groups in total. The number of aromatic hydroxyl groups is 1. The van der Waals surface area contributed by atoms with Crippen LogP contribution in [0.25, 0.3) is 10.9 Å². The van der Waals surface area contributed by atoms with E-state index < -0.39 is 12.0 Å². The zero-order valence-corrected chi connectivity index (χ0v) is 9.25. The Morgan fingerprint density at radius 1 is 1.53 bits per heavy atom. The number of fused-ring (bicyclic) bond motifs is 1. The number of ether oxygens (including phenoxy) is 1. The van der Waals surface area contributed by atoms with Crippen molar-refractivity contribution in [2.45, 2.75) is 13.0 Å². The van der Waals surface area contributed by atoms with Crippen molar-refractivity contribution in [2.75, 3.05) is 0 Å². The number of phenolic OH excluding ortho intramolecular Hbond substituents is 1. The molecule has 2 rings (SSSR count). The second kappa shape index (κ2) is 4.39. The van der Waals surface area contributed by atoms with E-state index in [2.05, 4.69) is 4.98 Å². The summed E-state index contributed by atoms with van der Waals surface area (Å²) < 4.78 is 5.02. The Balaban J connectivity index is 2.35. The highest BCUT2D eigenvalue weighted by atomic mass is 16.5. The number of pyridine rings is 1. The third-order valence-corrected chi connectivity index (χ3v) is 2.25. The van der Waals surface area contributed by atoms with Crippen molar-refractivity contribution in [1.82, 2.24) is 4.98 Å². The summed E-state index contributed by atoms with van der Waals surface area (Å²) in [6.45, 7) is 1.54. The van der Waals surface area contributed by atoms with E-state index >= 15 is 0 Å². The molecule has 1 atom stereocenters. The lowest BCUT2D eigenvalue weighted by Crippen LogP contribution is -2.30. The van der Waals surface area contributed by atoms with Gasteiger partial charge in [-0.25, -0.2) is 9.78 Å². The number of hydrogen-bond acceptors (Lipinski definition) is 5. The van der Waals surface area contributed by atoms with Crippen molar-refractivity contribution in [2.24, 2.45) is 5.73 Å². The van der Waals surface area contributed by atoms with Crippen molar-refractivity contribution < 1.29 is 14.6 Å². The molecule has 0 spiro atoms. The molecule has 88 valence electrons. The van der Waals surface area contributed by atoms with Gasteiger partial charge in [0.25, 0.3) is 0 Å². The van der Waals surface area contributed by atoms with E-state index in [9.17, 15) is 9.90 Å². The molecule has 0 radical (unpaired) electrons. The first-order valence-corrected chi connectivity index (χ1v) is 5.13. The predicted octanol–water partition coefficient (Wildman–Crippen LogP) is 1.19. The Kier molecular flexibility index (Phi) is 2.93. The molecule has 5 heteroatoms. The van der Waals surface area contributed by atoms with Crippen molar-refractivity contribution in [3.8, 4) is 11.5 Å². The van der Waals surface area contributed by atoms with Gasteiger partial charge in [0.2, 0.25) is 0 Å². The maximum atomic E-state index is 11.3. The van der Waals surface area contributed by atoms with E-state index in [0.29, 0.717) is 16.7 Å². The molecule has 0 aliphatic rings. The molecule has 1 heterocycles. The predicted molar refractivity (Wildman–Crippen MR) is 62.7 cm³/mol. The highest BCUT2D eigenvalue weighted by Crippen LogP contribution is 2.25. The summed E-state index contributed by atoms with van der Waals surface area (Å²) in [6, 6.07) is 5.95. The fraction of sp³-hybridized carbons (Fsp3) is 0.167. The van der Waals surface area contributed by atoms with Gasteiger partial charge in [0.05, 0.1) is 6.20 Å². The van der Waals surface area contributed by atoms with Gasteiger partial charge in [0.1, 0.15) is 23.1 Å². The Morgan fingerprint density at radius 2 is 2.29 bits per heavy atom. The van der Waals surface area contributed by atoms with Gasteiger partial charge < -0.3 is 15.6 Å². The first kappa shape index (κ1) is 11.3. The number of carbonyl (C=O) groups excluding carboxylic acids is 1. The fourth-order valence-corrected chi connectivity index (χ4v) is 1.39. The van der Waals surface area contributed by atoms with Crippen molar-refractivity contribution >= 4 is 16.9 Å². The van der Waals surface area contributed by atoms with E-state index in [-0.39, 0.29) is 5.75 Å². The molecule has 1 aromatic carbocycles. The van der Waals surface area contributed by atoms with Crippen LogP contribution in [-0.4, -0.2) is 22.1 Å². The average molecular weight is 232 g/mol. The number of nitrogens with zero attached hydrogens (tertiary/aromatic N) is 1. The van der Waals surface area contributed by atoms with Crippen molar-refractivity contribution in [3.05, 3.63) is 30.5 Å². The molecular formula is C12H12N2O3. The van der Waals surface area contributed by atoms with Crippen LogP contribution in [0.4, 0.5) is 0 Å². The average Bonchev–Trinajstić information content (AvgIpc) is 2.29. The molecule has 0 saturated carbocycles. The molecule has 1 aromatic heterocycles. The van der Waals surface area contributed by atoms with Gasteiger partial charge in [-0.2, -0.15) is 0 Å². The maximum Gasteiger partial charge on any atom is 0.328 e. The normalized spacial score (nSPS) is 12.4. The number of hydrogen-bond donors (Lipinski definition) is 2. The lowest BCUT2D eigenvalue weighted by Gasteiger charge is -2.07. The van der Waals surface area contributed by atoms with Crippen molar-refractivity contribution in [1.29, 1.82) is 0 Å². The Labute approximate surface area is 97.8 Å². The molecule has 0 aliphatic heterocycles. The standard InChI is InChI=1S/C12H12N2O3/c1-7(13)12(16)17-9-5-8-3-2-4-10(15)11(8)14-6-9/h2-7,15H,13H2,1H3/t7-/m0/s1. The van der Waals surface area contributed by atoms with Gasteiger partial charge in [-0.1, -0.05) is 12.1 Å². The zero-order valence-electron chi connectivity index (χ0n) is 9.25. The first-order chi connectivity index (χ1) is 8.08. The molecule has 17 heavy (non-hydrogen) atoms. The fourth-order valence-electron chi connectivity index (χ4n) is 1.39. The molecule has 0 saturated heterocycles. The molecule has 0 fully saturated rings. The topological polar surface area (TPSA) is 85.4 Å². The van der Waals surface area contributed by atoms with Crippen LogP contribution < -0.4 is 10.5 Å². The van der Waals surface area contributed by atoms with E-state index in [1.54, 1.807) is 31.2 Å². The monoisotopic (exact) mass is 232 g/mol. The summed E-state index contributed by atoms with van der Waals surface area (Å²) in [7, 11) is 0. The van der Waals surface area contributed by atoms with Gasteiger partial charge in [-0.05, 0) is 19.1 Å². The number of carbonyl (C=O) groups is 1. The van der Waals surface area contributed by atoms with Crippen LogP contribution in [0.2, 0.25) is 0 Å². The number of esters is 1. The number of phenols is 1. The highest BCUT2D eigenvalue weighted by Gasteiger charge is 2.11. The summed E-state index contributed by atoms with van der Waals surface area (Å²) >= 11 is 0. The molecule has 0 amide bonds. The van der Waals surface area contributed by atoms with Gasteiger partial charge in [0, 0.05) is 5.39 Å². The van der Waals surface area contributed by atoms with Gasteiger partial charge in [0.15, 0.2) is 0 Å². The maximum absolute atomic E-state index is 11.3. The zero-order chi connectivity index (χ0) is 12.4. The molecule has 0 aliphatic carbocycles. The molecule has 2 aromatic rings. The Morgan fingerprint density at radius 3 is 3.00 bits per heavy atom. The number of aromatic nitrogens is 1. The summed E-state index contributed by atoms with van der Waals surface area (Å²) in [4.78, 5) is 15.3. The highest BCUT2D eigenvalue weighted by molar-refractivity contribution is 5.86. The minimum atomic E-state index is -0.685. The van der Waals surface area contributed by atoms with Gasteiger partial charge in [-0.15, -0.1) is 0 Å². The third kappa shape index (κ3) is 2.34. The largest absolute Gasteiger partial charge is 0.506 e. The SMILES string of the molecule is C[C@H](N)C(=O)Oc1cnc2c(O)cccc2c1. The van der Waals surface area contributed by atoms with Crippen LogP contribution in [0.1, 0.15) is 6.92 Å². The second-order valence-electron chi connectivity index (χ2n) is 3.73. The number of rotatable bonds is 2. The van der Waals surface area contributed by atoms with E-state index in [0.717, 1.165) is 0 Å². The van der Waals surface area contributed by atoms with Crippen LogP contribution in [0.15, 0.2) is 30.5 Å². The van der Waals surface area contributed by atoms with Crippen LogP contribution in [0.3, 0.4) is 0 Å². The smallest absolute Gasteiger partial charge is 0.328 e. The van der Waals surface area contributed by atoms with Crippen LogP contribution >= 0.6 is 0 Å². The van der Waals surface area contributed by atoms with E-state index in [1.165, 1.54) is 6.20 Å². The van der Waals surface area contributed by atoms with Crippen LogP contribution in [0, 0.1) is 0 Å². The van der Waals surface area contributed by atoms with Crippen molar-refractivity contribution in [3.63, 3.8) is 0 Å². The lowest BCUT2D eigenvalue weighted by atomic mass is 10.2. The van der Waals surface area contributed by atoms with Gasteiger partial charge >= 0.3 is 5.97 Å². The number of nitrogens with two attached hydrogens (primary N) is 1. The summed E-state index contributed by atoms with van der Waals surface area (Å²) in [5.74, 6) is -0.121. The number of para-hydroxylation sites is 1. The molecule has 0 bridgehead atoms. The van der Waals surface area contributed by atoms with E-state index in [4.69, 9.17) is 10.5 Å². The second-order valence-corrected chi connectivity index (χ2v) is 3.73. The quantitative estimate of drug-likeness (QED) is 0.760. The molecule has 0 unspecified atom stereocenters. The van der Waals surface area contributed by atoms with E-state index in [1.807, 2.05) is 0 Å². The van der Waals surface area contributed by atoms with Gasteiger partial charge in [-0.3, -0.25) is 0 Å². The Bertz CT molecular complexity index is 567. The lowest BCUT2D eigenvalue weighted by molar-refractivity contribution is -0.135. The Hall–Kier alpha value is -2.14. The molecule has 5 nitrogen and oxygen atoms in total. The van der Waals surface area contributed by atoms with Crippen LogP contribution in [0.5, 0.6) is 11.5 Å². The first-order valence-electron chi connectivity index (χ1n) is 5.13. The summed E-state index contributed by atoms with van der Waals surface area (Å²) in [6.07, 6.45) is 1.38.